The molecule has 22 heavy (non-hydrogen) atoms. The van der Waals surface area contributed by atoms with Crippen molar-refractivity contribution < 1.29 is 13.9 Å². The summed E-state index contributed by atoms with van der Waals surface area (Å²) in [7, 11) is 1.65. The summed E-state index contributed by atoms with van der Waals surface area (Å²) >= 11 is 0. The van der Waals surface area contributed by atoms with Crippen molar-refractivity contribution in [2.45, 2.75) is 24.8 Å². The van der Waals surface area contributed by atoms with Crippen LogP contribution in [0.2, 0.25) is 0 Å². The van der Waals surface area contributed by atoms with E-state index in [9.17, 15) is 9.18 Å². The van der Waals surface area contributed by atoms with Crippen LogP contribution in [0.5, 0.6) is 5.75 Å². The van der Waals surface area contributed by atoms with Crippen molar-refractivity contribution in [1.82, 2.24) is 5.32 Å². The second-order valence-electron chi connectivity index (χ2n) is 5.53. The molecule has 0 heterocycles. The average molecular weight is 299 g/mol. The van der Waals surface area contributed by atoms with Crippen LogP contribution in [0, 0.1) is 5.82 Å². The molecule has 2 atom stereocenters. The molecule has 0 aliphatic heterocycles. The van der Waals surface area contributed by atoms with Crippen molar-refractivity contribution in [3.8, 4) is 5.75 Å². The minimum atomic E-state index is -0.338. The molecular weight excluding hydrogens is 281 g/mol. The lowest BCUT2D eigenvalue weighted by molar-refractivity contribution is -0.120. The molecule has 1 amide bonds. The van der Waals surface area contributed by atoms with Crippen LogP contribution in [-0.4, -0.2) is 19.1 Å². The zero-order valence-corrected chi connectivity index (χ0v) is 12.4. The molecule has 0 saturated heterocycles. The summed E-state index contributed by atoms with van der Waals surface area (Å²) in [6.45, 7) is 0. The van der Waals surface area contributed by atoms with Gasteiger partial charge in [0.25, 0.3) is 0 Å². The number of amides is 1. The topological polar surface area (TPSA) is 38.3 Å². The predicted octanol–water partition coefficient (Wildman–Crippen LogP) is 3.05. The van der Waals surface area contributed by atoms with Gasteiger partial charge in [0, 0.05) is 12.0 Å². The van der Waals surface area contributed by atoms with E-state index < -0.39 is 0 Å². The van der Waals surface area contributed by atoms with Gasteiger partial charge in [-0.25, -0.2) is 4.39 Å². The lowest BCUT2D eigenvalue weighted by Crippen LogP contribution is -2.28. The van der Waals surface area contributed by atoms with Crippen molar-refractivity contribution in [2.24, 2.45) is 0 Å². The van der Waals surface area contributed by atoms with E-state index in [-0.39, 0.29) is 30.1 Å². The summed E-state index contributed by atoms with van der Waals surface area (Å²) in [5.41, 5.74) is 1.54. The molecule has 2 aromatic carbocycles. The molecule has 0 bridgehead atoms. The fourth-order valence-electron chi connectivity index (χ4n) is 2.74. The van der Waals surface area contributed by atoms with E-state index >= 15 is 0 Å². The molecule has 1 aliphatic rings. The highest BCUT2D eigenvalue weighted by atomic mass is 19.1. The molecule has 4 heteroatoms. The van der Waals surface area contributed by atoms with E-state index in [2.05, 4.69) is 5.32 Å². The fourth-order valence-corrected chi connectivity index (χ4v) is 2.74. The first-order valence-electron chi connectivity index (χ1n) is 7.34. The van der Waals surface area contributed by atoms with Gasteiger partial charge in [-0.05, 0) is 29.7 Å². The fraction of sp³-hybridized carbons (Fsp3) is 0.278. The van der Waals surface area contributed by atoms with E-state index in [1.54, 1.807) is 25.3 Å². The molecule has 2 aromatic rings. The van der Waals surface area contributed by atoms with Crippen LogP contribution in [0.1, 0.15) is 23.5 Å². The Kier molecular flexibility index (Phi) is 4.09. The van der Waals surface area contributed by atoms with Crippen LogP contribution in [-0.2, 0) is 11.2 Å². The van der Waals surface area contributed by atoms with E-state index in [1.807, 2.05) is 24.3 Å². The van der Waals surface area contributed by atoms with Crippen molar-refractivity contribution in [3.63, 3.8) is 0 Å². The maximum absolute atomic E-state index is 13.5. The standard InChI is InChI=1S/C18H18FNO2/c1-22-17-9-5-3-7-13(17)14-11-16(14)20-18(21)10-12-6-2-4-8-15(12)19/h2-9,14,16H,10-11H2,1H3,(H,20,21)/t14-,16-/m0/s1. The lowest BCUT2D eigenvalue weighted by Gasteiger charge is -2.09. The van der Waals surface area contributed by atoms with Gasteiger partial charge in [0.05, 0.1) is 13.5 Å². The third kappa shape index (κ3) is 3.11. The number of para-hydroxylation sites is 1. The Bertz CT molecular complexity index is 686. The quantitative estimate of drug-likeness (QED) is 0.921. The summed E-state index contributed by atoms with van der Waals surface area (Å²) in [5, 5.41) is 2.97. The molecule has 114 valence electrons. The number of carbonyl (C=O) groups excluding carboxylic acids is 1. The molecule has 3 rings (SSSR count). The van der Waals surface area contributed by atoms with Gasteiger partial charge in [0.15, 0.2) is 0 Å². The molecule has 1 fully saturated rings. The summed E-state index contributed by atoms with van der Waals surface area (Å²) in [6.07, 6.45) is 0.963. The lowest BCUT2D eigenvalue weighted by atomic mass is 10.1. The number of benzene rings is 2. The SMILES string of the molecule is COc1ccccc1[C@@H]1C[C@@H]1NC(=O)Cc1ccccc1F. The number of ether oxygens (including phenoxy) is 1. The highest BCUT2D eigenvalue weighted by molar-refractivity contribution is 5.79. The second kappa shape index (κ2) is 6.18. The van der Waals surface area contributed by atoms with E-state index in [0.29, 0.717) is 5.56 Å². The highest BCUT2D eigenvalue weighted by Crippen LogP contribution is 2.44. The molecular formula is C18H18FNO2. The minimum Gasteiger partial charge on any atom is -0.496 e. The van der Waals surface area contributed by atoms with Gasteiger partial charge in [-0.2, -0.15) is 0 Å². The summed E-state index contributed by atoms with van der Waals surface area (Å²) in [6, 6.07) is 14.3. The van der Waals surface area contributed by atoms with Gasteiger partial charge < -0.3 is 10.1 Å². The summed E-state index contributed by atoms with van der Waals surface area (Å²) in [4.78, 5) is 12.0. The largest absolute Gasteiger partial charge is 0.496 e. The zero-order chi connectivity index (χ0) is 15.5. The Morgan fingerprint density at radius 2 is 1.95 bits per heavy atom. The Morgan fingerprint density at radius 1 is 1.23 bits per heavy atom. The molecule has 1 N–H and O–H groups in total. The smallest absolute Gasteiger partial charge is 0.224 e. The van der Waals surface area contributed by atoms with E-state index in [4.69, 9.17) is 4.74 Å². The Morgan fingerprint density at radius 3 is 2.73 bits per heavy atom. The Hall–Kier alpha value is -2.36. The van der Waals surface area contributed by atoms with Gasteiger partial charge in [-0.3, -0.25) is 4.79 Å². The van der Waals surface area contributed by atoms with Crippen LogP contribution in [0.25, 0.3) is 0 Å². The number of rotatable bonds is 5. The first-order chi connectivity index (χ1) is 10.7. The molecule has 0 unspecified atom stereocenters. The molecule has 3 nitrogen and oxygen atoms in total. The first kappa shape index (κ1) is 14.6. The van der Waals surface area contributed by atoms with Crippen molar-refractivity contribution in [3.05, 3.63) is 65.5 Å². The molecule has 0 radical (unpaired) electrons. The number of nitrogens with one attached hydrogen (secondary N) is 1. The molecule has 0 spiro atoms. The van der Waals surface area contributed by atoms with Gasteiger partial charge in [-0.15, -0.1) is 0 Å². The third-order valence-electron chi connectivity index (χ3n) is 3.98. The Balaban J connectivity index is 1.59. The average Bonchev–Trinajstić information content (AvgIpc) is 3.28. The van der Waals surface area contributed by atoms with Crippen molar-refractivity contribution in [2.75, 3.05) is 7.11 Å². The van der Waals surface area contributed by atoms with Crippen molar-refractivity contribution >= 4 is 5.91 Å². The molecule has 1 saturated carbocycles. The number of carbonyl (C=O) groups is 1. The normalized spacial score (nSPS) is 19.5. The van der Waals surface area contributed by atoms with Gasteiger partial charge >= 0.3 is 0 Å². The van der Waals surface area contributed by atoms with Gasteiger partial charge in [0.1, 0.15) is 11.6 Å². The number of halogens is 1. The van der Waals surface area contributed by atoms with Crippen LogP contribution < -0.4 is 10.1 Å². The number of methoxy groups -OCH3 is 1. The number of hydrogen-bond donors (Lipinski definition) is 1. The van der Waals surface area contributed by atoms with Gasteiger partial charge in [-0.1, -0.05) is 36.4 Å². The summed E-state index contributed by atoms with van der Waals surface area (Å²) in [5.74, 6) is 0.640. The number of hydrogen-bond acceptors (Lipinski definition) is 2. The maximum Gasteiger partial charge on any atom is 0.224 e. The zero-order valence-electron chi connectivity index (χ0n) is 12.4. The first-order valence-corrected chi connectivity index (χ1v) is 7.34. The maximum atomic E-state index is 13.5. The minimum absolute atomic E-state index is 0.0712. The highest BCUT2D eigenvalue weighted by Gasteiger charge is 2.40. The van der Waals surface area contributed by atoms with E-state index in [0.717, 1.165) is 17.7 Å². The third-order valence-corrected chi connectivity index (χ3v) is 3.98. The van der Waals surface area contributed by atoms with Gasteiger partial charge in [0.2, 0.25) is 5.91 Å². The predicted molar refractivity (Wildman–Crippen MR) is 82.4 cm³/mol. The van der Waals surface area contributed by atoms with E-state index in [1.165, 1.54) is 6.07 Å². The van der Waals surface area contributed by atoms with Crippen LogP contribution in [0.15, 0.2) is 48.5 Å². The second-order valence-corrected chi connectivity index (χ2v) is 5.53. The monoisotopic (exact) mass is 299 g/mol. The van der Waals surface area contributed by atoms with Crippen molar-refractivity contribution in [1.29, 1.82) is 0 Å². The van der Waals surface area contributed by atoms with Crippen LogP contribution >= 0.6 is 0 Å². The Labute approximate surface area is 129 Å². The molecule has 1 aliphatic carbocycles. The van der Waals surface area contributed by atoms with Crippen LogP contribution in [0.3, 0.4) is 0 Å². The summed E-state index contributed by atoms with van der Waals surface area (Å²) < 4.78 is 18.9. The molecule has 0 aromatic heterocycles. The van der Waals surface area contributed by atoms with Crippen LogP contribution in [0.4, 0.5) is 4.39 Å².